The van der Waals surface area contributed by atoms with E-state index in [1.54, 1.807) is 12.1 Å². The van der Waals surface area contributed by atoms with Gasteiger partial charge in [-0.3, -0.25) is 14.5 Å². The zero-order chi connectivity index (χ0) is 25.4. The molecule has 0 spiro atoms. The van der Waals surface area contributed by atoms with E-state index >= 15 is 0 Å². The maximum atomic E-state index is 10.9. The summed E-state index contributed by atoms with van der Waals surface area (Å²) >= 11 is 3.49. The van der Waals surface area contributed by atoms with Crippen molar-refractivity contribution in [1.29, 1.82) is 0 Å². The lowest BCUT2D eigenvalue weighted by Gasteiger charge is -2.09. The quantitative estimate of drug-likeness (QED) is 0.172. The maximum Gasteiger partial charge on any atom is 0.269 e. The SMILES string of the molecule is O=[N+]([O-])c1ccc(-c2nnc(-c3ccc4nc(-c5ccc(Br)cc5)c(Nc5ccccc5)n4c3)o2)cc1. The van der Waals surface area contributed by atoms with Gasteiger partial charge in [0, 0.05) is 39.6 Å². The number of aromatic nitrogens is 4. The predicted octanol–water partition coefficient (Wildman–Crippen LogP) is 7.13. The monoisotopic (exact) mass is 552 g/mol. The summed E-state index contributed by atoms with van der Waals surface area (Å²) in [6.07, 6.45) is 1.89. The molecule has 10 heteroatoms. The van der Waals surface area contributed by atoms with Crippen LogP contribution in [0.1, 0.15) is 0 Å². The number of halogens is 1. The molecule has 0 saturated heterocycles. The maximum absolute atomic E-state index is 10.9. The highest BCUT2D eigenvalue weighted by Crippen LogP contribution is 2.34. The van der Waals surface area contributed by atoms with Gasteiger partial charge in [0.25, 0.3) is 5.69 Å². The summed E-state index contributed by atoms with van der Waals surface area (Å²) < 4.78 is 8.86. The fraction of sp³-hybridized carbons (Fsp3) is 0. The molecular formula is C27H17BrN6O3. The fourth-order valence-electron chi connectivity index (χ4n) is 3.94. The van der Waals surface area contributed by atoms with E-state index in [-0.39, 0.29) is 11.6 Å². The molecule has 0 fully saturated rings. The van der Waals surface area contributed by atoms with Crippen LogP contribution in [0.15, 0.2) is 106 Å². The van der Waals surface area contributed by atoms with Crippen molar-refractivity contribution in [3.8, 4) is 34.2 Å². The molecule has 0 unspecified atom stereocenters. The van der Waals surface area contributed by atoms with Crippen LogP contribution in [0, 0.1) is 10.1 Å². The summed E-state index contributed by atoms with van der Waals surface area (Å²) in [7, 11) is 0. The molecule has 0 bridgehead atoms. The summed E-state index contributed by atoms with van der Waals surface area (Å²) in [4.78, 5) is 15.4. The topological polar surface area (TPSA) is 111 Å². The first-order valence-corrected chi connectivity index (χ1v) is 12.0. The Balaban J connectivity index is 1.42. The summed E-state index contributed by atoms with van der Waals surface area (Å²) in [5.74, 6) is 1.38. The lowest BCUT2D eigenvalue weighted by molar-refractivity contribution is -0.384. The number of nitro groups is 1. The predicted molar refractivity (Wildman–Crippen MR) is 143 cm³/mol. The Bertz CT molecular complexity index is 1730. The molecule has 180 valence electrons. The van der Waals surface area contributed by atoms with E-state index < -0.39 is 4.92 Å². The Morgan fingerprint density at radius 2 is 1.46 bits per heavy atom. The molecule has 3 heterocycles. The highest BCUT2D eigenvalue weighted by atomic mass is 79.9. The Labute approximate surface area is 218 Å². The molecule has 9 nitrogen and oxygen atoms in total. The van der Waals surface area contributed by atoms with Crippen molar-refractivity contribution >= 4 is 38.8 Å². The summed E-state index contributed by atoms with van der Waals surface area (Å²) in [5, 5.41) is 22.8. The van der Waals surface area contributed by atoms with E-state index in [0.29, 0.717) is 17.0 Å². The number of pyridine rings is 1. The van der Waals surface area contributed by atoms with Crippen molar-refractivity contribution < 1.29 is 9.34 Å². The van der Waals surface area contributed by atoms with Crippen LogP contribution in [0.3, 0.4) is 0 Å². The second-order valence-electron chi connectivity index (χ2n) is 8.17. The number of hydrogen-bond donors (Lipinski definition) is 1. The van der Waals surface area contributed by atoms with Gasteiger partial charge in [0.15, 0.2) is 0 Å². The van der Waals surface area contributed by atoms with Crippen LogP contribution < -0.4 is 5.32 Å². The minimum Gasteiger partial charge on any atom is -0.416 e. The van der Waals surface area contributed by atoms with Crippen molar-refractivity contribution in [2.45, 2.75) is 0 Å². The highest BCUT2D eigenvalue weighted by molar-refractivity contribution is 9.10. The van der Waals surface area contributed by atoms with E-state index in [1.165, 1.54) is 12.1 Å². The van der Waals surface area contributed by atoms with E-state index in [0.717, 1.165) is 32.9 Å². The normalized spacial score (nSPS) is 11.1. The number of imidazole rings is 1. The Morgan fingerprint density at radius 3 is 2.16 bits per heavy atom. The number of nitro benzene ring substituents is 1. The van der Waals surface area contributed by atoms with Gasteiger partial charge in [-0.05, 0) is 48.5 Å². The van der Waals surface area contributed by atoms with E-state index in [9.17, 15) is 10.1 Å². The van der Waals surface area contributed by atoms with Gasteiger partial charge < -0.3 is 9.73 Å². The molecular weight excluding hydrogens is 536 g/mol. The van der Waals surface area contributed by atoms with Gasteiger partial charge in [-0.2, -0.15) is 0 Å². The van der Waals surface area contributed by atoms with Crippen LogP contribution in [-0.2, 0) is 0 Å². The number of nitrogens with one attached hydrogen (secondary N) is 1. The van der Waals surface area contributed by atoms with E-state index in [4.69, 9.17) is 9.40 Å². The summed E-state index contributed by atoms with van der Waals surface area (Å²) in [6.45, 7) is 0. The van der Waals surface area contributed by atoms with Gasteiger partial charge in [0.05, 0.1) is 10.5 Å². The number of nitrogens with zero attached hydrogens (tertiary/aromatic N) is 5. The van der Waals surface area contributed by atoms with Gasteiger partial charge in [-0.25, -0.2) is 4.98 Å². The lowest BCUT2D eigenvalue weighted by Crippen LogP contribution is -1.97. The Hall–Kier alpha value is -4.83. The zero-order valence-electron chi connectivity index (χ0n) is 19.1. The average Bonchev–Trinajstić information content (AvgIpc) is 3.55. The molecule has 0 amide bonds. The Kier molecular flexibility index (Phi) is 5.70. The van der Waals surface area contributed by atoms with Gasteiger partial charge >= 0.3 is 0 Å². The van der Waals surface area contributed by atoms with Crippen molar-refractivity contribution in [2.24, 2.45) is 0 Å². The number of hydrogen-bond acceptors (Lipinski definition) is 7. The number of rotatable bonds is 6. The van der Waals surface area contributed by atoms with Crippen LogP contribution in [0.5, 0.6) is 0 Å². The second-order valence-corrected chi connectivity index (χ2v) is 9.08. The molecule has 37 heavy (non-hydrogen) atoms. The standard InChI is InChI=1S/C27H17BrN6O3/c28-20-11-6-17(7-12-20)24-25(29-21-4-2-1-3-5-21)33-16-19(10-15-23(33)30-24)27-32-31-26(37-27)18-8-13-22(14-9-18)34(35)36/h1-16,29H. The van der Waals surface area contributed by atoms with Gasteiger partial charge in [-0.1, -0.05) is 46.3 Å². The number of para-hydroxylation sites is 1. The van der Waals surface area contributed by atoms with Crippen LogP contribution in [-0.4, -0.2) is 24.5 Å². The molecule has 0 radical (unpaired) electrons. The number of non-ortho nitro benzene ring substituents is 1. The minimum absolute atomic E-state index is 0.00549. The average molecular weight is 553 g/mol. The first-order chi connectivity index (χ1) is 18.0. The van der Waals surface area contributed by atoms with E-state index in [2.05, 4.69) is 31.4 Å². The van der Waals surface area contributed by atoms with Crippen molar-refractivity contribution in [3.05, 3.63) is 112 Å². The first-order valence-electron chi connectivity index (χ1n) is 11.2. The van der Waals surface area contributed by atoms with Gasteiger partial charge in [-0.15, -0.1) is 10.2 Å². The molecule has 0 saturated carbocycles. The number of fused-ring (bicyclic) bond motifs is 1. The lowest BCUT2D eigenvalue weighted by atomic mass is 10.1. The molecule has 3 aromatic heterocycles. The van der Waals surface area contributed by atoms with Gasteiger partial charge in [0.2, 0.25) is 11.8 Å². The third-order valence-electron chi connectivity index (χ3n) is 5.77. The van der Waals surface area contributed by atoms with Crippen LogP contribution >= 0.6 is 15.9 Å². The third kappa shape index (κ3) is 4.45. The molecule has 1 N–H and O–H groups in total. The molecule has 0 aliphatic heterocycles. The second kappa shape index (κ2) is 9.32. The highest BCUT2D eigenvalue weighted by Gasteiger charge is 2.18. The van der Waals surface area contributed by atoms with Crippen LogP contribution in [0.2, 0.25) is 0 Å². The number of benzene rings is 3. The smallest absolute Gasteiger partial charge is 0.269 e. The Morgan fingerprint density at radius 1 is 0.811 bits per heavy atom. The molecule has 0 atom stereocenters. The van der Waals surface area contributed by atoms with E-state index in [1.807, 2.05) is 77.3 Å². The molecule has 0 aliphatic rings. The zero-order valence-corrected chi connectivity index (χ0v) is 20.7. The third-order valence-corrected chi connectivity index (χ3v) is 6.30. The molecule has 0 aliphatic carbocycles. The van der Waals surface area contributed by atoms with Crippen LogP contribution in [0.25, 0.3) is 39.8 Å². The van der Waals surface area contributed by atoms with Crippen LogP contribution in [0.4, 0.5) is 17.2 Å². The fourth-order valence-corrected chi connectivity index (χ4v) is 4.20. The van der Waals surface area contributed by atoms with Crippen molar-refractivity contribution in [2.75, 3.05) is 5.32 Å². The molecule has 6 rings (SSSR count). The van der Waals surface area contributed by atoms with Crippen molar-refractivity contribution in [1.82, 2.24) is 19.6 Å². The summed E-state index contributed by atoms with van der Waals surface area (Å²) in [6, 6.07) is 27.6. The minimum atomic E-state index is -0.451. The van der Waals surface area contributed by atoms with Gasteiger partial charge in [0.1, 0.15) is 17.2 Å². The summed E-state index contributed by atoms with van der Waals surface area (Å²) in [5.41, 5.74) is 4.72. The number of anilines is 2. The molecule has 3 aromatic carbocycles. The molecule has 6 aromatic rings. The van der Waals surface area contributed by atoms with Crippen molar-refractivity contribution in [3.63, 3.8) is 0 Å². The largest absolute Gasteiger partial charge is 0.416 e. The first kappa shape index (κ1) is 22.6.